The molecule has 0 saturated carbocycles. The molecule has 96 valence electrons. The maximum absolute atomic E-state index is 13.4. The molecule has 0 aliphatic heterocycles. The van der Waals surface area contributed by atoms with E-state index < -0.39 is 0 Å². The Morgan fingerprint density at radius 3 is 2.94 bits per heavy atom. The number of hydrogen-bond donors (Lipinski definition) is 0. The van der Waals surface area contributed by atoms with Gasteiger partial charge in [0.25, 0.3) is 0 Å². The van der Waals surface area contributed by atoms with E-state index in [0.29, 0.717) is 34.7 Å². The quantitative estimate of drug-likeness (QED) is 0.600. The van der Waals surface area contributed by atoms with Crippen molar-refractivity contribution in [3.05, 3.63) is 41.8 Å². The van der Waals surface area contributed by atoms with Gasteiger partial charge in [-0.1, -0.05) is 17.3 Å². The summed E-state index contributed by atoms with van der Waals surface area (Å²) in [5, 5.41) is 3.84. The Kier molecular flexibility index (Phi) is 5.01. The standard InChI is InChI=1S/C12H12ClFN2OS/c13-7-3-6-12-15-11(16-17-12)8-18-10-5-2-1-4-9(10)14/h1-2,4-5H,3,6-8H2. The molecule has 0 atom stereocenters. The number of benzene rings is 1. The van der Waals surface area contributed by atoms with Crippen molar-refractivity contribution >= 4 is 23.4 Å². The maximum atomic E-state index is 13.4. The van der Waals surface area contributed by atoms with E-state index >= 15 is 0 Å². The van der Waals surface area contributed by atoms with Crippen molar-refractivity contribution < 1.29 is 8.91 Å². The Morgan fingerprint density at radius 1 is 1.33 bits per heavy atom. The van der Waals surface area contributed by atoms with Crippen LogP contribution in [-0.2, 0) is 12.2 Å². The normalized spacial score (nSPS) is 10.8. The summed E-state index contributed by atoms with van der Waals surface area (Å²) < 4.78 is 18.4. The maximum Gasteiger partial charge on any atom is 0.226 e. The molecule has 1 aromatic carbocycles. The van der Waals surface area contributed by atoms with Crippen molar-refractivity contribution in [3.8, 4) is 0 Å². The molecule has 0 fully saturated rings. The average molecular weight is 287 g/mol. The molecule has 0 unspecified atom stereocenters. The zero-order valence-electron chi connectivity index (χ0n) is 9.60. The highest BCUT2D eigenvalue weighted by molar-refractivity contribution is 7.98. The SMILES string of the molecule is Fc1ccccc1SCc1noc(CCCCl)n1. The van der Waals surface area contributed by atoms with Crippen molar-refractivity contribution in [1.82, 2.24) is 10.1 Å². The van der Waals surface area contributed by atoms with E-state index in [-0.39, 0.29) is 5.82 Å². The van der Waals surface area contributed by atoms with E-state index in [1.54, 1.807) is 18.2 Å². The first-order valence-corrected chi connectivity index (χ1v) is 7.06. The van der Waals surface area contributed by atoms with E-state index in [1.807, 2.05) is 0 Å². The lowest BCUT2D eigenvalue weighted by atomic mass is 10.3. The fourth-order valence-corrected chi connectivity index (χ4v) is 2.29. The highest BCUT2D eigenvalue weighted by Crippen LogP contribution is 2.24. The molecule has 0 radical (unpaired) electrons. The van der Waals surface area contributed by atoms with Crippen LogP contribution in [0.4, 0.5) is 4.39 Å². The van der Waals surface area contributed by atoms with Gasteiger partial charge in [0.15, 0.2) is 5.82 Å². The number of rotatable bonds is 6. The third-order valence-electron chi connectivity index (χ3n) is 2.23. The summed E-state index contributed by atoms with van der Waals surface area (Å²) in [5.74, 6) is 1.99. The number of thioether (sulfide) groups is 1. The number of hydrogen-bond acceptors (Lipinski definition) is 4. The summed E-state index contributed by atoms with van der Waals surface area (Å²) in [6.07, 6.45) is 1.49. The van der Waals surface area contributed by atoms with Crippen LogP contribution in [0, 0.1) is 5.82 Å². The predicted molar refractivity (Wildman–Crippen MR) is 69.3 cm³/mol. The van der Waals surface area contributed by atoms with Gasteiger partial charge in [-0.25, -0.2) is 4.39 Å². The summed E-state index contributed by atoms with van der Waals surface area (Å²) in [7, 11) is 0. The molecule has 2 aromatic rings. The van der Waals surface area contributed by atoms with Gasteiger partial charge in [-0.3, -0.25) is 0 Å². The smallest absolute Gasteiger partial charge is 0.226 e. The summed E-state index contributed by atoms with van der Waals surface area (Å²) in [4.78, 5) is 4.80. The topological polar surface area (TPSA) is 38.9 Å². The monoisotopic (exact) mass is 286 g/mol. The van der Waals surface area contributed by atoms with Gasteiger partial charge in [0.2, 0.25) is 5.89 Å². The van der Waals surface area contributed by atoms with Gasteiger partial charge in [0, 0.05) is 17.2 Å². The first-order valence-electron chi connectivity index (χ1n) is 5.54. The summed E-state index contributed by atoms with van der Waals surface area (Å²) in [6.45, 7) is 0. The molecule has 0 amide bonds. The Labute approximate surface area is 114 Å². The number of aromatic nitrogens is 2. The number of halogens is 2. The molecule has 1 aromatic heterocycles. The van der Waals surface area contributed by atoms with Crippen LogP contribution in [0.1, 0.15) is 18.1 Å². The van der Waals surface area contributed by atoms with Crippen LogP contribution >= 0.6 is 23.4 Å². The predicted octanol–water partition coefficient (Wildman–Crippen LogP) is 3.67. The molecule has 3 nitrogen and oxygen atoms in total. The van der Waals surface area contributed by atoms with Crippen molar-refractivity contribution in [3.63, 3.8) is 0 Å². The molecule has 2 rings (SSSR count). The van der Waals surface area contributed by atoms with Crippen LogP contribution in [0.3, 0.4) is 0 Å². The highest BCUT2D eigenvalue weighted by Gasteiger charge is 2.08. The van der Waals surface area contributed by atoms with Gasteiger partial charge in [-0.05, 0) is 18.6 Å². The van der Waals surface area contributed by atoms with Gasteiger partial charge in [0.1, 0.15) is 5.82 Å². The lowest BCUT2D eigenvalue weighted by molar-refractivity contribution is 0.373. The number of nitrogens with zero attached hydrogens (tertiary/aromatic N) is 2. The second kappa shape index (κ2) is 6.75. The summed E-state index contributed by atoms with van der Waals surface area (Å²) in [6, 6.07) is 6.63. The third kappa shape index (κ3) is 3.71. The van der Waals surface area contributed by atoms with Crippen LogP contribution in [-0.4, -0.2) is 16.0 Å². The van der Waals surface area contributed by atoms with E-state index in [4.69, 9.17) is 16.1 Å². The van der Waals surface area contributed by atoms with Crippen molar-refractivity contribution in [2.45, 2.75) is 23.5 Å². The first-order chi connectivity index (χ1) is 8.79. The number of aryl methyl sites for hydroxylation is 1. The Morgan fingerprint density at radius 2 is 2.17 bits per heavy atom. The first kappa shape index (κ1) is 13.4. The zero-order valence-corrected chi connectivity index (χ0v) is 11.2. The van der Waals surface area contributed by atoms with Crippen molar-refractivity contribution in [1.29, 1.82) is 0 Å². The van der Waals surface area contributed by atoms with Gasteiger partial charge >= 0.3 is 0 Å². The van der Waals surface area contributed by atoms with Crippen LogP contribution in [0.2, 0.25) is 0 Å². The average Bonchev–Trinajstić information content (AvgIpc) is 2.83. The summed E-state index contributed by atoms with van der Waals surface area (Å²) in [5.41, 5.74) is 0. The molecular weight excluding hydrogens is 275 g/mol. The van der Waals surface area contributed by atoms with Gasteiger partial charge < -0.3 is 4.52 Å². The molecule has 0 aliphatic carbocycles. The fraction of sp³-hybridized carbons (Fsp3) is 0.333. The van der Waals surface area contributed by atoms with Crippen LogP contribution in [0.15, 0.2) is 33.7 Å². The molecular formula is C12H12ClFN2OS. The highest BCUT2D eigenvalue weighted by atomic mass is 35.5. The van der Waals surface area contributed by atoms with Crippen molar-refractivity contribution in [2.24, 2.45) is 0 Å². The van der Waals surface area contributed by atoms with Gasteiger partial charge in [-0.15, -0.1) is 23.4 Å². The van der Waals surface area contributed by atoms with Gasteiger partial charge in [0.05, 0.1) is 5.75 Å². The Balaban J connectivity index is 1.90. The fourth-order valence-electron chi connectivity index (χ4n) is 1.37. The lowest BCUT2D eigenvalue weighted by Gasteiger charge is -1.99. The second-order valence-corrected chi connectivity index (χ2v) is 5.01. The molecule has 6 heteroatoms. The molecule has 0 bridgehead atoms. The summed E-state index contributed by atoms with van der Waals surface area (Å²) >= 11 is 6.93. The third-order valence-corrected chi connectivity index (χ3v) is 3.54. The van der Waals surface area contributed by atoms with Crippen molar-refractivity contribution in [2.75, 3.05) is 5.88 Å². The van der Waals surface area contributed by atoms with Crippen LogP contribution in [0.25, 0.3) is 0 Å². The Hall–Kier alpha value is -1.07. The van der Waals surface area contributed by atoms with Crippen LogP contribution in [0.5, 0.6) is 0 Å². The minimum Gasteiger partial charge on any atom is -0.339 e. The largest absolute Gasteiger partial charge is 0.339 e. The zero-order chi connectivity index (χ0) is 12.8. The van der Waals surface area contributed by atoms with Crippen LogP contribution < -0.4 is 0 Å². The molecule has 18 heavy (non-hydrogen) atoms. The second-order valence-electron chi connectivity index (χ2n) is 3.62. The Bertz CT molecular complexity index is 506. The molecule has 0 N–H and O–H groups in total. The number of alkyl halides is 1. The molecule has 1 heterocycles. The molecule has 0 aliphatic rings. The van der Waals surface area contributed by atoms with E-state index in [2.05, 4.69) is 10.1 Å². The van der Waals surface area contributed by atoms with E-state index in [9.17, 15) is 4.39 Å². The molecule has 0 spiro atoms. The molecule has 0 saturated heterocycles. The lowest BCUT2D eigenvalue weighted by Crippen LogP contribution is -1.89. The van der Waals surface area contributed by atoms with Gasteiger partial charge in [-0.2, -0.15) is 4.98 Å². The minimum absolute atomic E-state index is 0.228. The van der Waals surface area contributed by atoms with E-state index in [0.717, 1.165) is 6.42 Å². The minimum atomic E-state index is -0.228. The van der Waals surface area contributed by atoms with E-state index in [1.165, 1.54) is 17.8 Å².